The summed E-state index contributed by atoms with van der Waals surface area (Å²) in [6, 6.07) is 21.9. The highest BCUT2D eigenvalue weighted by atomic mass is 35.6. The lowest BCUT2D eigenvalue weighted by Crippen LogP contribution is -1.82. The first kappa shape index (κ1) is 13.8. The van der Waals surface area contributed by atoms with Crippen LogP contribution in [-0.4, -0.2) is 4.30 Å². The number of hydrogen-bond donors (Lipinski definition) is 0. The molecular weight excluding hydrogens is 311 g/mol. The van der Waals surface area contributed by atoms with E-state index in [4.69, 9.17) is 34.8 Å². The molecule has 0 saturated carbocycles. The lowest BCUT2D eigenvalue weighted by Gasteiger charge is -2.09. The van der Waals surface area contributed by atoms with Gasteiger partial charge in [0.05, 0.1) is 0 Å². The molecule has 0 N–H and O–H groups in total. The lowest BCUT2D eigenvalue weighted by molar-refractivity contribution is 1.78. The molecule has 0 aliphatic rings. The Kier molecular flexibility index (Phi) is 3.89. The third kappa shape index (κ3) is 2.52. The van der Waals surface area contributed by atoms with Crippen LogP contribution in [0.4, 0.5) is 0 Å². The monoisotopic (exact) mass is 320 g/mol. The van der Waals surface area contributed by atoms with Crippen LogP contribution in [0.25, 0.3) is 32.3 Å². The molecule has 0 radical (unpaired) electrons. The minimum absolute atomic E-state index is 0.750. The summed E-state index contributed by atoms with van der Waals surface area (Å²) >= 11 is 14.4. The minimum Gasteiger partial charge on any atom is -0.0874 e. The van der Waals surface area contributed by atoms with Gasteiger partial charge >= 0.3 is 0 Å². The van der Waals surface area contributed by atoms with Crippen LogP contribution in [0, 0.1) is 0 Å². The van der Waals surface area contributed by atoms with Crippen molar-refractivity contribution in [3.05, 3.63) is 60.7 Å². The molecule has 0 atom stereocenters. The third-order valence-corrected chi connectivity index (χ3v) is 3.39. The van der Waals surface area contributed by atoms with Crippen LogP contribution in [0.15, 0.2) is 60.7 Å². The highest BCUT2D eigenvalue weighted by Gasteiger charge is 2.05. The van der Waals surface area contributed by atoms with E-state index in [0.717, 1.165) is 0 Å². The summed E-state index contributed by atoms with van der Waals surface area (Å²) in [6.45, 7) is 0. The van der Waals surface area contributed by atoms with E-state index in [-0.39, 0.29) is 0 Å². The Labute approximate surface area is 132 Å². The van der Waals surface area contributed by atoms with Gasteiger partial charge in [0.25, 0.3) is 0 Å². The van der Waals surface area contributed by atoms with E-state index in [2.05, 4.69) is 60.7 Å². The van der Waals surface area contributed by atoms with Crippen molar-refractivity contribution >= 4 is 67.1 Å². The zero-order chi connectivity index (χ0) is 14.1. The van der Waals surface area contributed by atoms with Crippen molar-refractivity contribution in [2.24, 2.45) is 0 Å². The van der Waals surface area contributed by atoms with E-state index in [1.807, 2.05) is 0 Å². The van der Waals surface area contributed by atoms with E-state index in [9.17, 15) is 0 Å². The van der Waals surface area contributed by atoms with Gasteiger partial charge < -0.3 is 0 Å². The van der Waals surface area contributed by atoms with Gasteiger partial charge in [0.1, 0.15) is 0 Å². The molecule has 0 fully saturated rings. The van der Waals surface area contributed by atoms with Crippen molar-refractivity contribution in [2.75, 3.05) is 0 Å². The molecule has 0 bridgehead atoms. The number of rotatable bonds is 0. The first-order valence-electron chi connectivity index (χ1n) is 6.21. The molecule has 0 unspecified atom stereocenters. The van der Waals surface area contributed by atoms with Crippen molar-refractivity contribution < 1.29 is 0 Å². The molecule has 3 heteroatoms. The Morgan fingerprint density at radius 1 is 0.500 bits per heavy atom. The van der Waals surface area contributed by atoms with E-state index in [0.29, 0.717) is 0 Å². The molecule has 0 heterocycles. The molecule has 20 heavy (non-hydrogen) atoms. The maximum absolute atomic E-state index is 4.81. The van der Waals surface area contributed by atoms with E-state index >= 15 is 0 Å². The highest BCUT2D eigenvalue weighted by molar-refractivity contribution is 6.63. The molecule has 0 nitrogen and oxygen atoms in total. The Morgan fingerprint density at radius 3 is 1.00 bits per heavy atom. The minimum atomic E-state index is -0.750. The Bertz CT molecular complexity index is 720. The fourth-order valence-electron chi connectivity index (χ4n) is 2.67. The molecule has 0 saturated heterocycles. The third-order valence-electron chi connectivity index (χ3n) is 3.39. The fraction of sp³-hybridized carbons (Fsp3) is 0.0588. The predicted octanol–water partition coefficient (Wildman–Crippen LogP) is 6.57. The van der Waals surface area contributed by atoms with Crippen LogP contribution in [0.1, 0.15) is 0 Å². The van der Waals surface area contributed by atoms with Gasteiger partial charge in [-0.15, -0.1) is 0 Å². The lowest BCUT2D eigenvalue weighted by atomic mass is 9.95. The summed E-state index contributed by atoms with van der Waals surface area (Å²) < 4.78 is -0.750. The van der Waals surface area contributed by atoms with Crippen molar-refractivity contribution in [1.82, 2.24) is 0 Å². The summed E-state index contributed by atoms with van der Waals surface area (Å²) in [7, 11) is 0. The zero-order valence-corrected chi connectivity index (χ0v) is 12.8. The topological polar surface area (TPSA) is 0 Å². The summed E-state index contributed by atoms with van der Waals surface area (Å²) in [4.78, 5) is 0. The molecule has 100 valence electrons. The molecule has 4 rings (SSSR count). The van der Waals surface area contributed by atoms with Crippen molar-refractivity contribution in [3.63, 3.8) is 0 Å². The number of benzene rings is 4. The van der Waals surface area contributed by atoms with Crippen LogP contribution >= 0.6 is 34.8 Å². The van der Waals surface area contributed by atoms with Gasteiger partial charge in [-0.3, -0.25) is 0 Å². The van der Waals surface area contributed by atoms with Crippen LogP contribution in [0.3, 0.4) is 0 Å². The first-order chi connectivity index (χ1) is 9.66. The molecule has 4 aromatic rings. The average Bonchev–Trinajstić information content (AvgIpc) is 2.44. The van der Waals surface area contributed by atoms with E-state index in [1.165, 1.54) is 32.3 Å². The van der Waals surface area contributed by atoms with Crippen LogP contribution in [0.2, 0.25) is 0 Å². The highest BCUT2D eigenvalue weighted by Crippen LogP contribution is 2.33. The Balaban J connectivity index is 0.000000272. The zero-order valence-electron chi connectivity index (χ0n) is 10.5. The predicted molar refractivity (Wildman–Crippen MR) is 91.5 cm³/mol. The number of hydrogen-bond acceptors (Lipinski definition) is 0. The van der Waals surface area contributed by atoms with Crippen molar-refractivity contribution in [3.8, 4) is 0 Å². The standard InChI is InChI=1S/C16H10.CHCl3/c1-3-11-7-9-13-5-2-6-14-10-8-12(4-1)15(11)16(13)14;2-1(3)4/h1-10H;1H. The normalized spacial score (nSPS) is 11.2. The summed E-state index contributed by atoms with van der Waals surface area (Å²) in [6.07, 6.45) is 0. The quantitative estimate of drug-likeness (QED) is 0.254. The second kappa shape index (κ2) is 5.65. The molecular formula is C17H11Cl3. The molecule has 4 aromatic carbocycles. The molecule has 0 amide bonds. The van der Waals surface area contributed by atoms with Crippen LogP contribution in [-0.2, 0) is 0 Å². The SMILES string of the molecule is ClC(Cl)Cl.c1cc2ccc3cccc4ccc(c1)c2c34. The molecule has 0 spiro atoms. The van der Waals surface area contributed by atoms with Crippen molar-refractivity contribution in [2.45, 2.75) is 4.30 Å². The Hall–Kier alpha value is -1.21. The molecule has 0 aliphatic heterocycles. The summed E-state index contributed by atoms with van der Waals surface area (Å²) in [5.41, 5.74) is 0. The molecule has 0 aliphatic carbocycles. The van der Waals surface area contributed by atoms with Gasteiger partial charge in [0.15, 0.2) is 4.30 Å². The van der Waals surface area contributed by atoms with Gasteiger partial charge in [0, 0.05) is 0 Å². The second-order valence-electron chi connectivity index (χ2n) is 4.54. The van der Waals surface area contributed by atoms with Gasteiger partial charge in [-0.05, 0) is 32.3 Å². The molecule has 0 aromatic heterocycles. The summed E-state index contributed by atoms with van der Waals surface area (Å²) in [5.74, 6) is 0. The fourth-order valence-corrected chi connectivity index (χ4v) is 2.67. The Morgan fingerprint density at radius 2 is 0.750 bits per heavy atom. The maximum atomic E-state index is 4.81. The van der Waals surface area contributed by atoms with E-state index in [1.54, 1.807) is 0 Å². The van der Waals surface area contributed by atoms with Crippen molar-refractivity contribution in [1.29, 1.82) is 0 Å². The first-order valence-corrected chi connectivity index (χ1v) is 7.52. The van der Waals surface area contributed by atoms with E-state index < -0.39 is 4.30 Å². The average molecular weight is 322 g/mol. The van der Waals surface area contributed by atoms with Gasteiger partial charge in [-0.2, -0.15) is 0 Å². The largest absolute Gasteiger partial charge is 0.180 e. The number of alkyl halides is 3. The second-order valence-corrected chi connectivity index (χ2v) is 6.52. The van der Waals surface area contributed by atoms with Crippen LogP contribution < -0.4 is 0 Å². The maximum Gasteiger partial charge on any atom is 0.180 e. The number of halogens is 3. The summed E-state index contributed by atoms with van der Waals surface area (Å²) in [5, 5.41) is 8.14. The van der Waals surface area contributed by atoms with Gasteiger partial charge in [-0.25, -0.2) is 0 Å². The van der Waals surface area contributed by atoms with Gasteiger partial charge in [-0.1, -0.05) is 95.5 Å². The van der Waals surface area contributed by atoms with Crippen LogP contribution in [0.5, 0.6) is 0 Å². The van der Waals surface area contributed by atoms with Gasteiger partial charge in [0.2, 0.25) is 0 Å². The smallest absolute Gasteiger partial charge is 0.0874 e.